The summed E-state index contributed by atoms with van der Waals surface area (Å²) < 4.78 is 40.6. The fourth-order valence-corrected chi connectivity index (χ4v) is 4.64. The number of fused-ring (bicyclic) bond motifs is 1. The first-order valence-electron chi connectivity index (χ1n) is 11.8. The Morgan fingerprint density at radius 2 is 2.00 bits per heavy atom. The molecule has 9 heteroatoms. The van der Waals surface area contributed by atoms with E-state index < -0.39 is 34.8 Å². The molecule has 194 valence electrons. The van der Waals surface area contributed by atoms with Crippen molar-refractivity contribution in [1.82, 2.24) is 9.71 Å². The first kappa shape index (κ1) is 26.7. The molecule has 2 atom stereocenters. The SMILES string of the molecule is CC(C)(C)[S+]([O-])NC(CF)c1cc(-c2cc(COc3ccccc3CC(=O)O)cc3ccoc23)ccn1. The topological polar surface area (TPSA) is 108 Å². The number of carbonyl (C=O) groups is 1. The second-order valence-corrected chi connectivity index (χ2v) is 11.6. The molecule has 0 radical (unpaired) electrons. The summed E-state index contributed by atoms with van der Waals surface area (Å²) in [4.78, 5) is 15.5. The smallest absolute Gasteiger partial charge is 0.307 e. The quantitative estimate of drug-likeness (QED) is 0.254. The third-order valence-corrected chi connectivity index (χ3v) is 7.34. The van der Waals surface area contributed by atoms with E-state index in [1.807, 2.05) is 45.0 Å². The number of nitrogens with zero attached hydrogens (tertiary/aromatic N) is 1. The zero-order valence-electron chi connectivity index (χ0n) is 20.9. The molecule has 0 bridgehead atoms. The molecule has 7 nitrogen and oxygen atoms in total. The summed E-state index contributed by atoms with van der Waals surface area (Å²) in [5.41, 5.74) is 4.08. The van der Waals surface area contributed by atoms with Crippen molar-refractivity contribution in [2.45, 2.75) is 44.6 Å². The maximum Gasteiger partial charge on any atom is 0.307 e. The summed E-state index contributed by atoms with van der Waals surface area (Å²) in [5.74, 6) is -0.423. The molecule has 0 saturated carbocycles. The highest BCUT2D eigenvalue weighted by molar-refractivity contribution is 7.90. The highest BCUT2D eigenvalue weighted by Gasteiger charge is 2.30. The van der Waals surface area contributed by atoms with E-state index in [1.54, 1.807) is 42.8 Å². The number of para-hydroxylation sites is 1. The van der Waals surface area contributed by atoms with Crippen LogP contribution < -0.4 is 9.46 Å². The number of alkyl halides is 1. The van der Waals surface area contributed by atoms with Gasteiger partial charge in [0, 0.05) is 34.1 Å². The van der Waals surface area contributed by atoms with Crippen molar-refractivity contribution in [3.63, 3.8) is 0 Å². The van der Waals surface area contributed by atoms with Crippen LogP contribution in [0.25, 0.3) is 22.1 Å². The third-order valence-electron chi connectivity index (χ3n) is 5.73. The molecule has 37 heavy (non-hydrogen) atoms. The summed E-state index contributed by atoms with van der Waals surface area (Å²) in [6.07, 6.45) is 3.06. The molecule has 2 aromatic heterocycles. The van der Waals surface area contributed by atoms with Crippen LogP contribution in [0, 0.1) is 0 Å². The molecule has 4 rings (SSSR count). The normalized spacial score (nSPS) is 13.4. The summed E-state index contributed by atoms with van der Waals surface area (Å²) in [5, 5.41) is 10.0. The minimum atomic E-state index is -1.47. The Balaban J connectivity index is 1.64. The summed E-state index contributed by atoms with van der Waals surface area (Å²) in [6.45, 7) is 4.89. The number of rotatable bonds is 10. The number of pyridine rings is 1. The van der Waals surface area contributed by atoms with Gasteiger partial charge in [0.2, 0.25) is 0 Å². The van der Waals surface area contributed by atoms with Crippen LogP contribution in [0.3, 0.4) is 0 Å². The molecule has 2 N–H and O–H groups in total. The zero-order chi connectivity index (χ0) is 26.6. The van der Waals surface area contributed by atoms with Crippen LogP contribution in [-0.2, 0) is 29.2 Å². The van der Waals surface area contributed by atoms with Crippen molar-refractivity contribution in [3.05, 3.63) is 83.9 Å². The minimum Gasteiger partial charge on any atom is -0.598 e. The highest BCUT2D eigenvalue weighted by Crippen LogP contribution is 2.33. The van der Waals surface area contributed by atoms with Crippen LogP contribution in [0.5, 0.6) is 5.75 Å². The lowest BCUT2D eigenvalue weighted by Gasteiger charge is -2.26. The van der Waals surface area contributed by atoms with Gasteiger partial charge >= 0.3 is 5.97 Å². The number of ether oxygens (including phenoxy) is 1. The first-order valence-corrected chi connectivity index (χ1v) is 12.9. The largest absolute Gasteiger partial charge is 0.598 e. The molecule has 0 spiro atoms. The van der Waals surface area contributed by atoms with Gasteiger partial charge in [0.15, 0.2) is 0 Å². The Hall–Kier alpha value is -3.40. The molecular weight excluding hydrogens is 495 g/mol. The van der Waals surface area contributed by atoms with Gasteiger partial charge in [-0.1, -0.05) is 18.2 Å². The van der Waals surface area contributed by atoms with Crippen molar-refractivity contribution in [1.29, 1.82) is 0 Å². The van der Waals surface area contributed by atoms with Gasteiger partial charge in [-0.05, 0) is 68.3 Å². The number of carboxylic acids is 1. The van der Waals surface area contributed by atoms with E-state index >= 15 is 0 Å². The summed E-state index contributed by atoms with van der Waals surface area (Å²) >= 11 is -1.47. The van der Waals surface area contributed by atoms with E-state index in [0.717, 1.165) is 22.1 Å². The molecule has 4 aromatic rings. The second kappa shape index (κ2) is 11.3. The number of halogens is 1. The fourth-order valence-electron chi connectivity index (χ4n) is 3.84. The van der Waals surface area contributed by atoms with Crippen LogP contribution in [-0.4, -0.2) is 32.0 Å². The lowest BCUT2D eigenvalue weighted by atomic mass is 10.00. The number of carboxylic acid groups (broad SMARTS) is 1. The van der Waals surface area contributed by atoms with Crippen molar-refractivity contribution in [3.8, 4) is 16.9 Å². The molecule has 2 aromatic carbocycles. The molecular formula is C28H29FN2O5S. The predicted octanol–water partition coefficient (Wildman–Crippen LogP) is 5.76. The number of hydrogen-bond acceptors (Lipinski definition) is 6. The Bertz CT molecular complexity index is 1380. The predicted molar refractivity (Wildman–Crippen MR) is 141 cm³/mol. The van der Waals surface area contributed by atoms with Gasteiger partial charge < -0.3 is 18.8 Å². The Morgan fingerprint density at radius 3 is 2.73 bits per heavy atom. The molecule has 0 saturated heterocycles. The van der Waals surface area contributed by atoms with Crippen LogP contribution in [0.15, 0.2) is 71.5 Å². The number of benzene rings is 2. The molecule has 2 heterocycles. The lowest BCUT2D eigenvalue weighted by molar-refractivity contribution is -0.136. The van der Waals surface area contributed by atoms with E-state index in [4.69, 9.17) is 9.15 Å². The number of nitrogens with one attached hydrogen (secondary N) is 1. The minimum absolute atomic E-state index is 0.133. The second-order valence-electron chi connectivity index (χ2n) is 9.62. The van der Waals surface area contributed by atoms with Crippen molar-refractivity contribution in [2.24, 2.45) is 0 Å². The van der Waals surface area contributed by atoms with E-state index in [2.05, 4.69) is 9.71 Å². The Labute approximate surface area is 218 Å². The van der Waals surface area contributed by atoms with E-state index in [9.17, 15) is 18.8 Å². The molecule has 0 aliphatic rings. The van der Waals surface area contributed by atoms with Crippen molar-refractivity contribution < 1.29 is 28.0 Å². The summed E-state index contributed by atoms with van der Waals surface area (Å²) in [7, 11) is 0. The van der Waals surface area contributed by atoms with E-state index in [1.165, 1.54) is 0 Å². The van der Waals surface area contributed by atoms with Gasteiger partial charge in [0.1, 0.15) is 35.4 Å². The molecule has 0 fully saturated rings. The van der Waals surface area contributed by atoms with Crippen molar-refractivity contribution >= 4 is 28.3 Å². The molecule has 0 amide bonds. The maximum absolute atomic E-state index is 14.0. The lowest BCUT2D eigenvalue weighted by Crippen LogP contribution is -2.42. The van der Waals surface area contributed by atoms with Gasteiger partial charge in [-0.2, -0.15) is 0 Å². The summed E-state index contributed by atoms with van der Waals surface area (Å²) in [6, 6.07) is 15.5. The highest BCUT2D eigenvalue weighted by atomic mass is 32.2. The standard InChI is InChI=1S/C28H29FN2O5S/c1-28(2,3)37(34)31-24(16-29)23-14-19(8-10-30-23)22-13-18(12-21-9-11-35-27(21)22)17-36-25-7-5-4-6-20(25)15-26(32)33/h4-14,24,31H,15-17H2,1-3H3,(H,32,33). The fraction of sp³-hybridized carbons (Fsp3) is 0.286. The van der Waals surface area contributed by atoms with Gasteiger partial charge in [0.25, 0.3) is 0 Å². The van der Waals surface area contributed by atoms with E-state index in [-0.39, 0.29) is 13.0 Å². The van der Waals surface area contributed by atoms with Gasteiger partial charge in [-0.25, -0.2) is 4.39 Å². The van der Waals surface area contributed by atoms with Gasteiger partial charge in [0.05, 0.1) is 18.4 Å². The van der Waals surface area contributed by atoms with Gasteiger partial charge in [-0.15, -0.1) is 4.72 Å². The van der Waals surface area contributed by atoms with Crippen LogP contribution in [0.2, 0.25) is 0 Å². The zero-order valence-corrected chi connectivity index (χ0v) is 21.7. The number of aliphatic carboxylic acids is 1. The molecule has 2 unspecified atom stereocenters. The van der Waals surface area contributed by atoms with E-state index in [0.29, 0.717) is 22.6 Å². The van der Waals surface area contributed by atoms with Crippen molar-refractivity contribution in [2.75, 3.05) is 6.67 Å². The van der Waals surface area contributed by atoms with Crippen LogP contribution in [0.1, 0.15) is 43.6 Å². The van der Waals surface area contributed by atoms with Gasteiger partial charge in [-0.3, -0.25) is 9.78 Å². The third kappa shape index (κ3) is 6.49. The monoisotopic (exact) mass is 524 g/mol. The number of hydrogen-bond donors (Lipinski definition) is 2. The Kier molecular flexibility index (Phi) is 8.16. The molecule has 0 aliphatic carbocycles. The Morgan fingerprint density at radius 1 is 1.22 bits per heavy atom. The van der Waals surface area contributed by atoms with Crippen LogP contribution in [0.4, 0.5) is 4.39 Å². The maximum atomic E-state index is 14.0. The number of furan rings is 1. The average molecular weight is 525 g/mol. The van der Waals surface area contributed by atoms with Crippen LogP contribution >= 0.6 is 0 Å². The average Bonchev–Trinajstić information content (AvgIpc) is 3.34. The molecule has 0 aliphatic heterocycles. The number of aromatic nitrogens is 1. The first-order chi connectivity index (χ1) is 17.7.